The van der Waals surface area contributed by atoms with Crippen LogP contribution in [0.1, 0.15) is 75.8 Å². The van der Waals surface area contributed by atoms with Crippen LogP contribution in [0.2, 0.25) is 0 Å². The minimum Gasteiger partial charge on any atom is -0.507 e. The fourth-order valence-electron chi connectivity index (χ4n) is 4.91. The average molecular weight is 438 g/mol. The van der Waals surface area contributed by atoms with E-state index < -0.39 is 17.7 Å². The number of ether oxygens (including phenoxy) is 1. The molecule has 1 N–H and O–H groups in total. The van der Waals surface area contributed by atoms with Gasteiger partial charge in [-0.3, -0.25) is 9.59 Å². The van der Waals surface area contributed by atoms with E-state index in [-0.39, 0.29) is 22.8 Å². The number of carbonyl (C=O) groups is 2. The lowest BCUT2D eigenvalue weighted by Gasteiger charge is -2.34. The van der Waals surface area contributed by atoms with Gasteiger partial charge in [-0.1, -0.05) is 40.0 Å². The molecule has 1 atom stereocenters. The molecule has 2 fully saturated rings. The number of carbonyl (C=O) groups excluding carboxylic acids is 2. The Labute approximate surface area is 188 Å². The number of methoxy groups -OCH3 is 1. The van der Waals surface area contributed by atoms with Gasteiger partial charge in [-0.25, -0.2) is 0 Å². The number of Topliss-reactive ketones (excluding diaryl/α,β-unsaturated/α-hetero) is 1. The van der Waals surface area contributed by atoms with Crippen LogP contribution in [0, 0.1) is 0 Å². The summed E-state index contributed by atoms with van der Waals surface area (Å²) in [5.74, 6) is -0.219. The molecule has 1 aliphatic carbocycles. The standard InChI is InChI=1S/C26H31NO5/c1-26(2,3)18-15-16(12-13-19(18)31-4)23(28)21-22(20-11-8-14-32-20)27(25(30)24(21)29)17-9-6-5-7-10-17/h8,11-15,17,22,28H,5-7,9-10H2,1-4H3/b23-21-. The number of benzene rings is 1. The van der Waals surface area contributed by atoms with E-state index in [1.165, 1.54) is 6.26 Å². The van der Waals surface area contributed by atoms with Crippen LogP contribution in [0.3, 0.4) is 0 Å². The van der Waals surface area contributed by atoms with Gasteiger partial charge in [-0.2, -0.15) is 0 Å². The predicted octanol–water partition coefficient (Wildman–Crippen LogP) is 5.34. The van der Waals surface area contributed by atoms with Crippen molar-refractivity contribution in [1.29, 1.82) is 0 Å². The molecule has 1 aromatic carbocycles. The normalized spacial score (nSPS) is 21.9. The molecule has 0 bridgehead atoms. The maximum Gasteiger partial charge on any atom is 0.296 e. The molecule has 4 rings (SSSR count). The zero-order chi connectivity index (χ0) is 23.0. The summed E-state index contributed by atoms with van der Waals surface area (Å²) in [7, 11) is 1.61. The molecule has 0 spiro atoms. The molecule has 2 heterocycles. The van der Waals surface area contributed by atoms with E-state index in [0.29, 0.717) is 17.1 Å². The van der Waals surface area contributed by atoms with Gasteiger partial charge < -0.3 is 19.2 Å². The SMILES string of the molecule is COc1ccc(/C(O)=C2/C(=O)C(=O)N(C3CCCCC3)C2c2ccco2)cc1C(C)(C)C. The van der Waals surface area contributed by atoms with E-state index in [0.717, 1.165) is 37.7 Å². The van der Waals surface area contributed by atoms with E-state index in [1.807, 2.05) is 6.07 Å². The number of hydrogen-bond acceptors (Lipinski definition) is 5. The van der Waals surface area contributed by atoms with Crippen LogP contribution in [-0.4, -0.2) is 34.8 Å². The van der Waals surface area contributed by atoms with Crippen LogP contribution in [0.4, 0.5) is 0 Å². The molecular formula is C26H31NO5. The van der Waals surface area contributed by atoms with Gasteiger partial charge in [0, 0.05) is 17.2 Å². The lowest BCUT2D eigenvalue weighted by Crippen LogP contribution is -2.40. The van der Waals surface area contributed by atoms with E-state index in [2.05, 4.69) is 20.8 Å². The molecule has 1 aromatic heterocycles. The lowest BCUT2D eigenvalue weighted by atomic mass is 9.84. The Kier molecular flexibility index (Phi) is 5.89. The van der Waals surface area contributed by atoms with E-state index >= 15 is 0 Å². The van der Waals surface area contributed by atoms with Crippen molar-refractivity contribution in [2.24, 2.45) is 0 Å². The summed E-state index contributed by atoms with van der Waals surface area (Å²) < 4.78 is 11.2. The number of hydrogen-bond donors (Lipinski definition) is 1. The van der Waals surface area contributed by atoms with E-state index in [9.17, 15) is 14.7 Å². The second-order valence-electron chi connectivity index (χ2n) is 9.68. The average Bonchev–Trinajstić information content (AvgIpc) is 3.40. The number of likely N-dealkylation sites (tertiary alicyclic amines) is 1. The molecule has 2 aliphatic rings. The smallest absolute Gasteiger partial charge is 0.296 e. The molecule has 1 unspecified atom stereocenters. The Bertz CT molecular complexity index is 1040. The van der Waals surface area contributed by atoms with Crippen molar-refractivity contribution in [3.63, 3.8) is 0 Å². The Balaban J connectivity index is 1.86. The molecule has 1 amide bonds. The van der Waals surface area contributed by atoms with Gasteiger partial charge in [0.05, 0.1) is 18.9 Å². The Morgan fingerprint density at radius 3 is 2.44 bits per heavy atom. The Morgan fingerprint density at radius 1 is 1.12 bits per heavy atom. The summed E-state index contributed by atoms with van der Waals surface area (Å²) in [5, 5.41) is 11.3. The predicted molar refractivity (Wildman–Crippen MR) is 121 cm³/mol. The first-order valence-corrected chi connectivity index (χ1v) is 11.3. The van der Waals surface area contributed by atoms with Crippen LogP contribution in [0.25, 0.3) is 5.76 Å². The summed E-state index contributed by atoms with van der Waals surface area (Å²) >= 11 is 0. The summed E-state index contributed by atoms with van der Waals surface area (Å²) in [6, 6.07) is 8.07. The maximum atomic E-state index is 13.2. The van der Waals surface area contributed by atoms with Crippen LogP contribution < -0.4 is 4.74 Å². The highest BCUT2D eigenvalue weighted by atomic mass is 16.5. The van der Waals surface area contributed by atoms with Crippen LogP contribution in [0.15, 0.2) is 46.6 Å². The number of rotatable bonds is 4. The summed E-state index contributed by atoms with van der Waals surface area (Å²) in [5.41, 5.74) is 1.23. The summed E-state index contributed by atoms with van der Waals surface area (Å²) in [6.45, 7) is 6.17. The highest BCUT2D eigenvalue weighted by molar-refractivity contribution is 6.46. The van der Waals surface area contributed by atoms with Gasteiger partial charge in [0.25, 0.3) is 11.7 Å². The molecule has 6 heteroatoms. The fraction of sp³-hybridized carbons (Fsp3) is 0.462. The number of amides is 1. The second-order valence-corrected chi connectivity index (χ2v) is 9.68. The van der Waals surface area contributed by atoms with Gasteiger partial charge in [0.15, 0.2) is 0 Å². The summed E-state index contributed by atoms with van der Waals surface area (Å²) in [4.78, 5) is 28.0. The van der Waals surface area contributed by atoms with Crippen molar-refractivity contribution in [1.82, 2.24) is 4.90 Å². The van der Waals surface area contributed by atoms with Crippen molar-refractivity contribution in [3.05, 3.63) is 59.1 Å². The van der Waals surface area contributed by atoms with Crippen LogP contribution >= 0.6 is 0 Å². The third kappa shape index (κ3) is 3.83. The topological polar surface area (TPSA) is 80.0 Å². The molecule has 0 radical (unpaired) electrons. The highest BCUT2D eigenvalue weighted by Crippen LogP contribution is 2.44. The third-order valence-corrected chi connectivity index (χ3v) is 6.54. The molecule has 1 aliphatic heterocycles. The van der Waals surface area contributed by atoms with Crippen molar-refractivity contribution < 1.29 is 23.8 Å². The van der Waals surface area contributed by atoms with Gasteiger partial charge in [-0.05, 0) is 48.6 Å². The van der Waals surface area contributed by atoms with Gasteiger partial charge in [-0.15, -0.1) is 0 Å². The van der Waals surface area contributed by atoms with Crippen molar-refractivity contribution in [2.75, 3.05) is 7.11 Å². The fourth-order valence-corrected chi connectivity index (χ4v) is 4.91. The van der Waals surface area contributed by atoms with Gasteiger partial charge in [0.2, 0.25) is 0 Å². The minimum absolute atomic E-state index is 0.0402. The molecule has 6 nitrogen and oxygen atoms in total. The minimum atomic E-state index is -0.728. The number of nitrogens with zero attached hydrogens (tertiary/aromatic N) is 1. The Hall–Kier alpha value is -3.02. The number of aliphatic hydroxyl groups excluding tert-OH is 1. The van der Waals surface area contributed by atoms with Crippen molar-refractivity contribution in [3.8, 4) is 5.75 Å². The van der Waals surface area contributed by atoms with Crippen molar-refractivity contribution >= 4 is 17.4 Å². The third-order valence-electron chi connectivity index (χ3n) is 6.54. The molecular weight excluding hydrogens is 406 g/mol. The summed E-state index contributed by atoms with van der Waals surface area (Å²) in [6.07, 6.45) is 6.40. The molecule has 1 saturated carbocycles. The van der Waals surface area contributed by atoms with Crippen LogP contribution in [0.5, 0.6) is 5.75 Å². The van der Waals surface area contributed by atoms with Crippen LogP contribution in [-0.2, 0) is 15.0 Å². The molecule has 1 saturated heterocycles. The van der Waals surface area contributed by atoms with Gasteiger partial charge in [0.1, 0.15) is 23.3 Å². The van der Waals surface area contributed by atoms with E-state index in [1.54, 1.807) is 36.3 Å². The largest absolute Gasteiger partial charge is 0.507 e. The Morgan fingerprint density at radius 2 is 1.84 bits per heavy atom. The highest BCUT2D eigenvalue weighted by Gasteiger charge is 2.50. The number of furan rings is 1. The molecule has 170 valence electrons. The molecule has 2 aromatic rings. The number of aliphatic hydroxyl groups is 1. The first-order chi connectivity index (χ1) is 15.2. The quantitative estimate of drug-likeness (QED) is 0.397. The lowest BCUT2D eigenvalue weighted by molar-refractivity contribution is -0.142. The van der Waals surface area contributed by atoms with Gasteiger partial charge >= 0.3 is 0 Å². The molecule has 32 heavy (non-hydrogen) atoms. The zero-order valence-electron chi connectivity index (χ0n) is 19.2. The van der Waals surface area contributed by atoms with Crippen molar-refractivity contribution in [2.45, 2.75) is 70.4 Å². The maximum absolute atomic E-state index is 13.2. The first-order valence-electron chi connectivity index (χ1n) is 11.3. The monoisotopic (exact) mass is 437 g/mol. The second kappa shape index (κ2) is 8.49. The zero-order valence-corrected chi connectivity index (χ0v) is 19.2. The number of ketones is 1. The van der Waals surface area contributed by atoms with E-state index in [4.69, 9.17) is 9.15 Å². The first kappa shape index (κ1) is 22.2.